The predicted molar refractivity (Wildman–Crippen MR) is 97.5 cm³/mol. The molecule has 1 aromatic rings. The molecule has 0 aromatic heterocycles. The number of hydrogen-bond acceptors (Lipinski definition) is 4. The average Bonchev–Trinajstić information content (AvgIpc) is 2.61. The van der Waals surface area contributed by atoms with Crippen LogP contribution in [-0.4, -0.2) is 60.4 Å². The van der Waals surface area contributed by atoms with Crippen LogP contribution in [0.1, 0.15) is 37.6 Å². The molecule has 1 atom stereocenters. The maximum atomic E-state index is 12.8. The fraction of sp³-hybridized carbons (Fsp3) is 0.579. The molecule has 2 N–H and O–H groups in total. The van der Waals surface area contributed by atoms with Gasteiger partial charge in [0.05, 0.1) is 18.2 Å². The van der Waals surface area contributed by atoms with Crippen molar-refractivity contribution in [3.05, 3.63) is 29.8 Å². The quantitative estimate of drug-likeness (QED) is 0.850. The Morgan fingerprint density at radius 2 is 1.72 bits per heavy atom. The second-order valence-corrected chi connectivity index (χ2v) is 6.78. The number of amides is 2. The van der Waals surface area contributed by atoms with Gasteiger partial charge >= 0.3 is 0 Å². The van der Waals surface area contributed by atoms with Crippen LogP contribution in [0.5, 0.6) is 5.75 Å². The number of ether oxygens (including phenoxy) is 1. The first kappa shape index (κ1) is 19.2. The van der Waals surface area contributed by atoms with Gasteiger partial charge in [-0.2, -0.15) is 0 Å². The minimum absolute atomic E-state index is 0.0180. The van der Waals surface area contributed by atoms with Crippen molar-refractivity contribution in [2.75, 3.05) is 32.8 Å². The number of hydrogen-bond donors (Lipinski definition) is 1. The van der Waals surface area contributed by atoms with E-state index in [0.717, 1.165) is 0 Å². The Hall–Kier alpha value is -2.08. The lowest BCUT2D eigenvalue weighted by molar-refractivity contribution is -0.134. The van der Waals surface area contributed by atoms with E-state index in [2.05, 4.69) is 13.8 Å². The van der Waals surface area contributed by atoms with Gasteiger partial charge in [-0.3, -0.25) is 9.59 Å². The Kier molecular flexibility index (Phi) is 6.82. The summed E-state index contributed by atoms with van der Waals surface area (Å²) in [6.07, 6.45) is 0.680. The molecular formula is C19H29N3O3. The Labute approximate surface area is 149 Å². The zero-order valence-electron chi connectivity index (χ0n) is 15.4. The molecule has 0 saturated carbocycles. The number of carbonyl (C=O) groups is 2. The molecule has 1 fully saturated rings. The van der Waals surface area contributed by atoms with Gasteiger partial charge in [-0.05, 0) is 31.4 Å². The Balaban J connectivity index is 1.96. The molecular weight excluding hydrogens is 318 g/mol. The van der Waals surface area contributed by atoms with Crippen LogP contribution in [0.15, 0.2) is 24.3 Å². The molecule has 138 valence electrons. The fourth-order valence-electron chi connectivity index (χ4n) is 3.07. The summed E-state index contributed by atoms with van der Waals surface area (Å²) in [7, 11) is 0. The third-order valence-corrected chi connectivity index (χ3v) is 4.34. The Bertz CT molecular complexity index is 595. The maximum absolute atomic E-state index is 12.8. The van der Waals surface area contributed by atoms with E-state index in [1.807, 2.05) is 19.1 Å². The molecule has 0 aliphatic carbocycles. The minimum Gasteiger partial charge on any atom is -0.493 e. The van der Waals surface area contributed by atoms with E-state index in [1.165, 1.54) is 0 Å². The van der Waals surface area contributed by atoms with Gasteiger partial charge < -0.3 is 20.3 Å². The molecule has 25 heavy (non-hydrogen) atoms. The number of nitrogens with two attached hydrogens (primary N) is 1. The number of para-hydroxylation sites is 1. The molecule has 0 spiro atoms. The van der Waals surface area contributed by atoms with Crippen molar-refractivity contribution >= 4 is 11.8 Å². The first-order valence-corrected chi connectivity index (χ1v) is 8.99. The number of carbonyl (C=O) groups excluding carboxylic acids is 2. The highest BCUT2D eigenvalue weighted by Gasteiger charge is 2.28. The zero-order valence-corrected chi connectivity index (χ0v) is 15.4. The van der Waals surface area contributed by atoms with Crippen LogP contribution in [0.4, 0.5) is 0 Å². The van der Waals surface area contributed by atoms with Crippen LogP contribution in [-0.2, 0) is 4.79 Å². The van der Waals surface area contributed by atoms with E-state index in [0.29, 0.717) is 56.4 Å². The van der Waals surface area contributed by atoms with E-state index in [9.17, 15) is 9.59 Å². The third kappa shape index (κ3) is 4.95. The second-order valence-electron chi connectivity index (χ2n) is 6.78. The molecule has 0 unspecified atom stereocenters. The van der Waals surface area contributed by atoms with Gasteiger partial charge in [-0.15, -0.1) is 0 Å². The van der Waals surface area contributed by atoms with Gasteiger partial charge in [0, 0.05) is 26.2 Å². The summed E-state index contributed by atoms with van der Waals surface area (Å²) < 4.78 is 5.55. The molecule has 1 aromatic carbocycles. The van der Waals surface area contributed by atoms with E-state index in [-0.39, 0.29) is 11.8 Å². The number of nitrogens with zero attached hydrogens (tertiary/aromatic N) is 2. The van der Waals surface area contributed by atoms with Gasteiger partial charge in [0.1, 0.15) is 5.75 Å². The Morgan fingerprint density at radius 3 is 2.32 bits per heavy atom. The van der Waals surface area contributed by atoms with Crippen molar-refractivity contribution in [1.82, 2.24) is 9.80 Å². The van der Waals surface area contributed by atoms with E-state index in [1.54, 1.807) is 21.9 Å². The summed E-state index contributed by atoms with van der Waals surface area (Å²) in [5, 5.41) is 0. The van der Waals surface area contributed by atoms with Crippen molar-refractivity contribution in [2.45, 2.75) is 33.2 Å². The highest BCUT2D eigenvalue weighted by molar-refractivity contribution is 5.97. The van der Waals surface area contributed by atoms with Crippen molar-refractivity contribution in [3.63, 3.8) is 0 Å². The maximum Gasteiger partial charge on any atom is 0.257 e. The standard InChI is InChI=1S/C19H29N3O3/c1-4-25-17-8-6-5-7-15(17)18(23)21-9-11-22(12-10-21)19(24)16(20)13-14(2)3/h5-8,14,16H,4,9-13,20H2,1-3H3/t16-/m0/s1. The summed E-state index contributed by atoms with van der Waals surface area (Å²) in [5.74, 6) is 0.919. The normalized spacial score (nSPS) is 16.0. The van der Waals surface area contributed by atoms with Crippen molar-refractivity contribution in [3.8, 4) is 5.75 Å². The monoisotopic (exact) mass is 347 g/mol. The van der Waals surface area contributed by atoms with Gasteiger partial charge in [-0.1, -0.05) is 26.0 Å². The molecule has 2 amide bonds. The van der Waals surface area contributed by atoms with Crippen molar-refractivity contribution < 1.29 is 14.3 Å². The summed E-state index contributed by atoms with van der Waals surface area (Å²) >= 11 is 0. The summed E-state index contributed by atoms with van der Waals surface area (Å²) in [6.45, 7) is 8.59. The molecule has 2 rings (SSSR count). The molecule has 1 heterocycles. The second kappa shape index (κ2) is 8.85. The van der Waals surface area contributed by atoms with E-state index < -0.39 is 6.04 Å². The lowest BCUT2D eigenvalue weighted by Gasteiger charge is -2.36. The fourth-order valence-corrected chi connectivity index (χ4v) is 3.07. The predicted octanol–water partition coefficient (Wildman–Crippen LogP) is 1.74. The largest absolute Gasteiger partial charge is 0.493 e. The lowest BCUT2D eigenvalue weighted by atomic mass is 10.0. The number of piperazine rings is 1. The SMILES string of the molecule is CCOc1ccccc1C(=O)N1CCN(C(=O)[C@@H](N)CC(C)C)CC1. The Morgan fingerprint density at radius 1 is 1.12 bits per heavy atom. The molecule has 0 bridgehead atoms. The van der Waals surface area contributed by atoms with Gasteiger partial charge in [-0.25, -0.2) is 0 Å². The number of rotatable bonds is 6. The first-order chi connectivity index (χ1) is 11.9. The van der Waals surface area contributed by atoms with Gasteiger partial charge in [0.25, 0.3) is 5.91 Å². The van der Waals surface area contributed by atoms with Crippen molar-refractivity contribution in [2.24, 2.45) is 11.7 Å². The molecule has 1 saturated heterocycles. The minimum atomic E-state index is -0.457. The summed E-state index contributed by atoms with van der Waals surface area (Å²) in [5.41, 5.74) is 6.57. The van der Waals surface area contributed by atoms with Crippen LogP contribution in [0.3, 0.4) is 0 Å². The molecule has 0 radical (unpaired) electrons. The third-order valence-electron chi connectivity index (χ3n) is 4.34. The average molecular weight is 347 g/mol. The highest BCUT2D eigenvalue weighted by Crippen LogP contribution is 2.21. The van der Waals surface area contributed by atoms with Crippen LogP contribution < -0.4 is 10.5 Å². The van der Waals surface area contributed by atoms with Crippen molar-refractivity contribution in [1.29, 1.82) is 0 Å². The van der Waals surface area contributed by atoms with E-state index in [4.69, 9.17) is 10.5 Å². The topological polar surface area (TPSA) is 75.9 Å². The van der Waals surface area contributed by atoms with Crippen LogP contribution >= 0.6 is 0 Å². The van der Waals surface area contributed by atoms with Crippen LogP contribution in [0.25, 0.3) is 0 Å². The van der Waals surface area contributed by atoms with Gasteiger partial charge in [0.2, 0.25) is 5.91 Å². The van der Waals surface area contributed by atoms with Gasteiger partial charge in [0.15, 0.2) is 0 Å². The first-order valence-electron chi connectivity index (χ1n) is 8.99. The summed E-state index contributed by atoms with van der Waals surface area (Å²) in [6, 6.07) is 6.82. The smallest absolute Gasteiger partial charge is 0.257 e. The van der Waals surface area contributed by atoms with Crippen LogP contribution in [0, 0.1) is 5.92 Å². The number of benzene rings is 1. The molecule has 1 aliphatic heterocycles. The lowest BCUT2D eigenvalue weighted by Crippen LogP contribution is -2.54. The highest BCUT2D eigenvalue weighted by atomic mass is 16.5. The molecule has 1 aliphatic rings. The van der Waals surface area contributed by atoms with E-state index >= 15 is 0 Å². The molecule has 6 heteroatoms. The van der Waals surface area contributed by atoms with Crippen LogP contribution in [0.2, 0.25) is 0 Å². The zero-order chi connectivity index (χ0) is 18.4. The molecule has 6 nitrogen and oxygen atoms in total. The summed E-state index contributed by atoms with van der Waals surface area (Å²) in [4.78, 5) is 28.7.